The van der Waals surface area contributed by atoms with Gasteiger partial charge in [-0.15, -0.1) is 0 Å². The van der Waals surface area contributed by atoms with Crippen LogP contribution in [0, 0.1) is 0 Å². The van der Waals surface area contributed by atoms with Gasteiger partial charge in [-0.05, 0) is 12.8 Å². The number of hydrogen-bond donors (Lipinski definition) is 0. The predicted octanol–water partition coefficient (Wildman–Crippen LogP) is 2.01. The summed E-state index contributed by atoms with van der Waals surface area (Å²) in [4.78, 5) is 0. The molecule has 2 heteroatoms. The summed E-state index contributed by atoms with van der Waals surface area (Å²) in [6.07, 6.45) is 6.22. The van der Waals surface area contributed by atoms with Gasteiger partial charge >= 0.3 is 0 Å². The molecule has 0 aromatic carbocycles. The average Bonchev–Trinajstić information content (AvgIpc) is 2.03. The molecule has 0 unspecified atom stereocenters. The van der Waals surface area contributed by atoms with Crippen molar-refractivity contribution in [2.75, 3.05) is 26.9 Å². The largest absolute Gasteiger partial charge is 0.385 e. The number of methoxy groups -OCH3 is 1. The van der Waals surface area contributed by atoms with Crippen LogP contribution < -0.4 is 0 Å². The van der Waals surface area contributed by atoms with Crippen molar-refractivity contribution in [2.24, 2.45) is 0 Å². The van der Waals surface area contributed by atoms with Crippen LogP contribution >= 0.6 is 0 Å². The minimum atomic E-state index is 0.734. The zero-order chi connectivity index (χ0) is 8.36. The first-order valence-electron chi connectivity index (χ1n) is 4.13. The highest BCUT2D eigenvalue weighted by molar-refractivity contribution is 4.79. The molecule has 0 radical (unpaired) electrons. The Morgan fingerprint density at radius 1 is 1.18 bits per heavy atom. The van der Waals surface area contributed by atoms with E-state index >= 15 is 0 Å². The van der Waals surface area contributed by atoms with Crippen molar-refractivity contribution in [1.82, 2.24) is 0 Å². The van der Waals surface area contributed by atoms with Crippen LogP contribution in [0.4, 0.5) is 0 Å². The van der Waals surface area contributed by atoms with E-state index < -0.39 is 0 Å². The van der Waals surface area contributed by atoms with Crippen LogP contribution in [0.5, 0.6) is 0 Å². The van der Waals surface area contributed by atoms with Gasteiger partial charge < -0.3 is 9.47 Å². The fraction of sp³-hybridized carbons (Fsp3) is 0.778. The summed E-state index contributed by atoms with van der Waals surface area (Å²) in [7, 11) is 1.71. The van der Waals surface area contributed by atoms with Crippen LogP contribution in [0.3, 0.4) is 0 Å². The first-order chi connectivity index (χ1) is 5.41. The Labute approximate surface area is 69.2 Å². The van der Waals surface area contributed by atoms with Gasteiger partial charge in [0, 0.05) is 20.3 Å². The maximum Gasteiger partial charge on any atom is 0.0647 e. The molecule has 0 aliphatic carbocycles. The van der Waals surface area contributed by atoms with E-state index in [2.05, 4.69) is 13.0 Å². The maximum atomic E-state index is 5.27. The second kappa shape index (κ2) is 9.66. The monoisotopic (exact) mass is 158 g/mol. The molecule has 0 aliphatic heterocycles. The molecular weight excluding hydrogens is 140 g/mol. The quantitative estimate of drug-likeness (QED) is 0.417. The third-order valence-electron chi connectivity index (χ3n) is 1.25. The zero-order valence-corrected chi connectivity index (χ0v) is 7.51. The van der Waals surface area contributed by atoms with Gasteiger partial charge in [-0.25, -0.2) is 0 Å². The first-order valence-corrected chi connectivity index (χ1v) is 4.13. The van der Waals surface area contributed by atoms with E-state index in [4.69, 9.17) is 9.47 Å². The van der Waals surface area contributed by atoms with Crippen molar-refractivity contribution in [3.8, 4) is 0 Å². The van der Waals surface area contributed by atoms with Gasteiger partial charge in [-0.3, -0.25) is 0 Å². The Bertz CT molecular complexity index is 89.6. The van der Waals surface area contributed by atoms with Crippen molar-refractivity contribution in [3.63, 3.8) is 0 Å². The molecule has 0 saturated carbocycles. The molecule has 0 aromatic heterocycles. The molecule has 0 rings (SSSR count). The minimum absolute atomic E-state index is 0.734. The number of ether oxygens (including phenoxy) is 2. The van der Waals surface area contributed by atoms with Gasteiger partial charge in [0.1, 0.15) is 0 Å². The second-order valence-corrected chi connectivity index (χ2v) is 2.30. The SMILES string of the molecule is CC/C=C/COCCCOC. The summed E-state index contributed by atoms with van der Waals surface area (Å²) < 4.78 is 10.1. The van der Waals surface area contributed by atoms with E-state index in [9.17, 15) is 0 Å². The third kappa shape index (κ3) is 9.66. The summed E-state index contributed by atoms with van der Waals surface area (Å²) in [5.74, 6) is 0. The van der Waals surface area contributed by atoms with E-state index in [1.807, 2.05) is 6.08 Å². The van der Waals surface area contributed by atoms with Crippen LogP contribution in [0.15, 0.2) is 12.2 Å². The van der Waals surface area contributed by atoms with Crippen LogP contribution in [0.25, 0.3) is 0 Å². The summed E-state index contributed by atoms with van der Waals surface area (Å²) in [6.45, 7) is 4.43. The highest BCUT2D eigenvalue weighted by Gasteiger charge is 1.84. The molecule has 0 aliphatic rings. The van der Waals surface area contributed by atoms with Crippen LogP contribution in [0.1, 0.15) is 19.8 Å². The third-order valence-corrected chi connectivity index (χ3v) is 1.25. The molecular formula is C9H18O2. The number of hydrogen-bond acceptors (Lipinski definition) is 2. The van der Waals surface area contributed by atoms with Gasteiger partial charge in [-0.2, -0.15) is 0 Å². The van der Waals surface area contributed by atoms with Gasteiger partial charge in [0.2, 0.25) is 0 Å². The standard InChI is InChI=1S/C9H18O2/c1-3-4-5-8-11-9-6-7-10-2/h4-5H,3,6-9H2,1-2H3/b5-4+. The minimum Gasteiger partial charge on any atom is -0.385 e. The van der Waals surface area contributed by atoms with Crippen molar-refractivity contribution in [3.05, 3.63) is 12.2 Å². The Balaban J connectivity index is 2.85. The Morgan fingerprint density at radius 2 is 2.00 bits per heavy atom. The van der Waals surface area contributed by atoms with Gasteiger partial charge in [-0.1, -0.05) is 19.1 Å². The maximum absolute atomic E-state index is 5.27. The van der Waals surface area contributed by atoms with E-state index in [1.54, 1.807) is 7.11 Å². The summed E-state index contributed by atoms with van der Waals surface area (Å²) in [6, 6.07) is 0. The van der Waals surface area contributed by atoms with Crippen LogP contribution in [-0.4, -0.2) is 26.9 Å². The van der Waals surface area contributed by atoms with E-state index in [0.717, 1.165) is 32.7 Å². The molecule has 0 aromatic rings. The zero-order valence-electron chi connectivity index (χ0n) is 7.51. The normalized spacial score (nSPS) is 11.1. The average molecular weight is 158 g/mol. The van der Waals surface area contributed by atoms with E-state index in [1.165, 1.54) is 0 Å². The van der Waals surface area contributed by atoms with E-state index in [0.29, 0.717) is 0 Å². The highest BCUT2D eigenvalue weighted by atomic mass is 16.5. The molecule has 2 nitrogen and oxygen atoms in total. The van der Waals surface area contributed by atoms with Crippen molar-refractivity contribution in [1.29, 1.82) is 0 Å². The Kier molecular flexibility index (Phi) is 9.36. The topological polar surface area (TPSA) is 18.5 Å². The Morgan fingerprint density at radius 3 is 2.64 bits per heavy atom. The summed E-state index contributed by atoms with van der Waals surface area (Å²) in [5, 5.41) is 0. The van der Waals surface area contributed by atoms with E-state index in [-0.39, 0.29) is 0 Å². The molecule has 0 bridgehead atoms. The molecule has 0 spiro atoms. The summed E-state index contributed by atoms with van der Waals surface area (Å²) in [5.41, 5.74) is 0. The molecule has 0 fully saturated rings. The van der Waals surface area contributed by atoms with Gasteiger partial charge in [0.25, 0.3) is 0 Å². The fourth-order valence-electron chi connectivity index (χ4n) is 0.691. The fourth-order valence-corrected chi connectivity index (χ4v) is 0.691. The van der Waals surface area contributed by atoms with Gasteiger partial charge in [0.05, 0.1) is 6.61 Å². The lowest BCUT2D eigenvalue weighted by Crippen LogP contribution is -1.98. The highest BCUT2D eigenvalue weighted by Crippen LogP contribution is 1.85. The van der Waals surface area contributed by atoms with Crippen LogP contribution in [-0.2, 0) is 9.47 Å². The molecule has 0 amide bonds. The molecule has 11 heavy (non-hydrogen) atoms. The number of allylic oxidation sites excluding steroid dienone is 1. The van der Waals surface area contributed by atoms with Crippen molar-refractivity contribution < 1.29 is 9.47 Å². The predicted molar refractivity (Wildman–Crippen MR) is 46.7 cm³/mol. The number of rotatable bonds is 7. The molecule has 0 saturated heterocycles. The van der Waals surface area contributed by atoms with Crippen LogP contribution in [0.2, 0.25) is 0 Å². The van der Waals surface area contributed by atoms with Gasteiger partial charge in [0.15, 0.2) is 0 Å². The Hall–Kier alpha value is -0.340. The molecule has 0 N–H and O–H groups in total. The molecule has 0 atom stereocenters. The smallest absolute Gasteiger partial charge is 0.0647 e. The second-order valence-electron chi connectivity index (χ2n) is 2.30. The molecule has 0 heterocycles. The van der Waals surface area contributed by atoms with Crippen molar-refractivity contribution in [2.45, 2.75) is 19.8 Å². The van der Waals surface area contributed by atoms with Crippen molar-refractivity contribution >= 4 is 0 Å². The lowest BCUT2D eigenvalue weighted by atomic mass is 10.4. The lowest BCUT2D eigenvalue weighted by Gasteiger charge is -1.99. The molecule has 66 valence electrons. The first kappa shape index (κ1) is 10.7. The summed E-state index contributed by atoms with van der Waals surface area (Å²) >= 11 is 0. The lowest BCUT2D eigenvalue weighted by molar-refractivity contribution is 0.120.